The first-order chi connectivity index (χ1) is 8.09. The van der Waals surface area contributed by atoms with Crippen molar-refractivity contribution in [3.05, 3.63) is 29.8 Å². The Balaban J connectivity index is 2.18. The van der Waals surface area contributed by atoms with Crippen LogP contribution in [0.1, 0.15) is 0 Å². The number of rotatable bonds is 7. The maximum atomic E-state index is 13.2. The monoisotopic (exact) mass is 260 g/mol. The molecule has 0 atom stereocenters. The molecule has 0 bridgehead atoms. The Morgan fingerprint density at radius 3 is 2.65 bits per heavy atom. The van der Waals surface area contributed by atoms with Crippen LogP contribution < -0.4 is 5.32 Å². The number of nitrogens with zero attached hydrogens (tertiary/aromatic N) is 1. The van der Waals surface area contributed by atoms with Gasteiger partial charge in [0.05, 0.1) is 0 Å². The molecular weight excluding hydrogens is 242 g/mol. The highest BCUT2D eigenvalue weighted by molar-refractivity contribution is 7.99. The standard InChI is InChI=1S/C12H18F2N2S/c1-16(2)7-5-15-6-8-17-12-4-3-10(13)9-11(12)14/h3-4,9,15H,5-8H2,1-2H3. The molecule has 1 aromatic carbocycles. The minimum Gasteiger partial charge on any atom is -0.315 e. The van der Waals surface area contributed by atoms with Gasteiger partial charge < -0.3 is 10.2 Å². The number of thioether (sulfide) groups is 1. The summed E-state index contributed by atoms with van der Waals surface area (Å²) >= 11 is 1.40. The van der Waals surface area contributed by atoms with Crippen LogP contribution in [0.4, 0.5) is 8.78 Å². The molecule has 17 heavy (non-hydrogen) atoms. The van der Waals surface area contributed by atoms with Crippen LogP contribution >= 0.6 is 11.8 Å². The summed E-state index contributed by atoms with van der Waals surface area (Å²) in [6.45, 7) is 2.71. The molecule has 0 aliphatic rings. The van der Waals surface area contributed by atoms with Crippen molar-refractivity contribution in [3.63, 3.8) is 0 Å². The zero-order valence-electron chi connectivity index (χ0n) is 10.2. The van der Waals surface area contributed by atoms with Crippen LogP contribution in [0.25, 0.3) is 0 Å². The van der Waals surface area contributed by atoms with E-state index in [4.69, 9.17) is 0 Å². The van der Waals surface area contributed by atoms with Crippen LogP contribution in [0.5, 0.6) is 0 Å². The lowest BCUT2D eigenvalue weighted by Gasteiger charge is -2.10. The summed E-state index contributed by atoms with van der Waals surface area (Å²) in [4.78, 5) is 2.60. The molecule has 1 N–H and O–H groups in total. The number of hydrogen-bond donors (Lipinski definition) is 1. The summed E-state index contributed by atoms with van der Waals surface area (Å²) in [7, 11) is 4.04. The Kier molecular flexibility index (Phi) is 6.47. The molecule has 0 saturated carbocycles. The van der Waals surface area contributed by atoms with Gasteiger partial charge in [-0.05, 0) is 26.2 Å². The van der Waals surface area contributed by atoms with Gasteiger partial charge in [0.1, 0.15) is 11.6 Å². The van der Waals surface area contributed by atoms with E-state index in [0.717, 1.165) is 31.5 Å². The van der Waals surface area contributed by atoms with Crippen molar-refractivity contribution in [2.45, 2.75) is 4.90 Å². The van der Waals surface area contributed by atoms with Crippen molar-refractivity contribution in [2.24, 2.45) is 0 Å². The largest absolute Gasteiger partial charge is 0.315 e. The zero-order valence-corrected chi connectivity index (χ0v) is 11.0. The van der Waals surface area contributed by atoms with E-state index >= 15 is 0 Å². The summed E-state index contributed by atoms with van der Waals surface area (Å²) in [6.07, 6.45) is 0. The van der Waals surface area contributed by atoms with Crippen molar-refractivity contribution in [3.8, 4) is 0 Å². The topological polar surface area (TPSA) is 15.3 Å². The molecule has 0 aliphatic heterocycles. The van der Waals surface area contributed by atoms with E-state index in [1.54, 1.807) is 0 Å². The van der Waals surface area contributed by atoms with Crippen molar-refractivity contribution in [1.29, 1.82) is 0 Å². The molecule has 5 heteroatoms. The van der Waals surface area contributed by atoms with Crippen LogP contribution in [0.3, 0.4) is 0 Å². The van der Waals surface area contributed by atoms with Gasteiger partial charge in [-0.15, -0.1) is 11.8 Å². The molecular formula is C12H18F2N2S. The van der Waals surface area contributed by atoms with Gasteiger partial charge in [0, 0.05) is 36.3 Å². The van der Waals surface area contributed by atoms with Crippen LogP contribution in [0.2, 0.25) is 0 Å². The van der Waals surface area contributed by atoms with Gasteiger partial charge in [-0.3, -0.25) is 0 Å². The lowest BCUT2D eigenvalue weighted by molar-refractivity contribution is 0.403. The molecule has 0 fully saturated rings. The highest BCUT2D eigenvalue weighted by atomic mass is 32.2. The normalized spacial score (nSPS) is 11.1. The quantitative estimate of drug-likeness (QED) is 0.598. The van der Waals surface area contributed by atoms with Crippen LogP contribution in [-0.4, -0.2) is 44.4 Å². The van der Waals surface area contributed by atoms with E-state index in [0.29, 0.717) is 4.90 Å². The van der Waals surface area contributed by atoms with E-state index in [-0.39, 0.29) is 0 Å². The van der Waals surface area contributed by atoms with Gasteiger partial charge in [0.15, 0.2) is 0 Å². The van der Waals surface area contributed by atoms with E-state index in [1.807, 2.05) is 14.1 Å². The van der Waals surface area contributed by atoms with Crippen molar-refractivity contribution >= 4 is 11.8 Å². The Hall–Kier alpha value is -0.650. The van der Waals surface area contributed by atoms with Crippen molar-refractivity contribution in [2.75, 3.05) is 39.5 Å². The Bertz CT molecular complexity index is 345. The first-order valence-electron chi connectivity index (χ1n) is 5.53. The third-order valence-corrected chi connectivity index (χ3v) is 3.22. The van der Waals surface area contributed by atoms with Gasteiger partial charge in [-0.2, -0.15) is 0 Å². The Morgan fingerprint density at radius 2 is 2.00 bits per heavy atom. The van der Waals surface area contributed by atoms with Gasteiger partial charge in [-0.25, -0.2) is 8.78 Å². The maximum Gasteiger partial charge on any atom is 0.139 e. The molecule has 2 nitrogen and oxygen atoms in total. The van der Waals surface area contributed by atoms with Gasteiger partial charge in [-0.1, -0.05) is 0 Å². The van der Waals surface area contributed by atoms with Gasteiger partial charge in [0.25, 0.3) is 0 Å². The van der Waals surface area contributed by atoms with Crippen LogP contribution in [0, 0.1) is 11.6 Å². The summed E-state index contributed by atoms with van der Waals surface area (Å²) < 4.78 is 25.9. The predicted molar refractivity (Wildman–Crippen MR) is 68.5 cm³/mol. The fourth-order valence-electron chi connectivity index (χ4n) is 1.25. The maximum absolute atomic E-state index is 13.2. The number of likely N-dealkylation sites (N-methyl/N-ethyl adjacent to an activating group) is 1. The molecule has 0 spiro atoms. The molecule has 0 radical (unpaired) electrons. The number of hydrogen-bond acceptors (Lipinski definition) is 3. The molecule has 1 aromatic rings. The SMILES string of the molecule is CN(C)CCNCCSc1ccc(F)cc1F. The first-order valence-corrected chi connectivity index (χ1v) is 6.51. The number of benzene rings is 1. The second kappa shape index (κ2) is 7.63. The fourth-order valence-corrected chi connectivity index (χ4v) is 2.08. The molecule has 96 valence electrons. The third-order valence-electron chi connectivity index (χ3n) is 2.17. The van der Waals surface area contributed by atoms with E-state index < -0.39 is 11.6 Å². The molecule has 0 aliphatic carbocycles. The lowest BCUT2D eigenvalue weighted by Crippen LogP contribution is -2.27. The van der Waals surface area contributed by atoms with Crippen molar-refractivity contribution in [1.82, 2.24) is 10.2 Å². The molecule has 0 heterocycles. The summed E-state index contributed by atoms with van der Waals surface area (Å²) in [5.41, 5.74) is 0. The molecule has 0 amide bonds. The smallest absolute Gasteiger partial charge is 0.139 e. The molecule has 0 unspecified atom stereocenters. The highest BCUT2D eigenvalue weighted by Crippen LogP contribution is 2.21. The van der Waals surface area contributed by atoms with E-state index in [9.17, 15) is 8.78 Å². The summed E-state index contributed by atoms with van der Waals surface area (Å²) in [6, 6.07) is 3.68. The average Bonchev–Trinajstić information content (AvgIpc) is 2.25. The molecule has 0 saturated heterocycles. The minimum absolute atomic E-state index is 0.483. The molecule has 1 rings (SSSR count). The zero-order chi connectivity index (χ0) is 12.7. The summed E-state index contributed by atoms with van der Waals surface area (Å²) in [5, 5.41) is 3.26. The van der Waals surface area contributed by atoms with Crippen molar-refractivity contribution < 1.29 is 8.78 Å². The Labute approximate surface area is 105 Å². The van der Waals surface area contributed by atoms with Crippen LogP contribution in [-0.2, 0) is 0 Å². The lowest BCUT2D eigenvalue weighted by atomic mass is 10.3. The third kappa shape index (κ3) is 6.00. The van der Waals surface area contributed by atoms with E-state index in [1.165, 1.54) is 23.9 Å². The molecule has 0 aromatic heterocycles. The van der Waals surface area contributed by atoms with Gasteiger partial charge >= 0.3 is 0 Å². The number of nitrogens with one attached hydrogen (secondary N) is 1. The predicted octanol–water partition coefficient (Wildman–Crippen LogP) is 2.21. The first kappa shape index (κ1) is 14.4. The minimum atomic E-state index is -0.532. The average molecular weight is 260 g/mol. The Morgan fingerprint density at radius 1 is 1.24 bits per heavy atom. The van der Waals surface area contributed by atoms with E-state index in [2.05, 4.69) is 10.2 Å². The summed E-state index contributed by atoms with van der Waals surface area (Å²) in [5.74, 6) is -0.241. The second-order valence-corrected chi connectivity index (χ2v) is 5.11. The van der Waals surface area contributed by atoms with Crippen LogP contribution in [0.15, 0.2) is 23.1 Å². The second-order valence-electron chi connectivity index (χ2n) is 3.98. The highest BCUT2D eigenvalue weighted by Gasteiger charge is 2.03. The number of halogens is 2. The van der Waals surface area contributed by atoms with Gasteiger partial charge in [0.2, 0.25) is 0 Å². The fraction of sp³-hybridized carbons (Fsp3) is 0.500.